The Bertz CT molecular complexity index is 1520. The lowest BCUT2D eigenvalue weighted by atomic mass is 10.1. The van der Waals surface area contributed by atoms with Gasteiger partial charge in [-0.2, -0.15) is 0 Å². The first-order chi connectivity index (χ1) is 15.5. The van der Waals surface area contributed by atoms with E-state index in [9.17, 15) is 14.0 Å². The molecular weight excluding hydrogens is 413 g/mol. The first-order valence-corrected chi connectivity index (χ1v) is 9.90. The van der Waals surface area contributed by atoms with Crippen molar-refractivity contribution in [2.75, 3.05) is 0 Å². The van der Waals surface area contributed by atoms with Gasteiger partial charge < -0.3 is 14.3 Å². The summed E-state index contributed by atoms with van der Waals surface area (Å²) in [4.78, 5) is 34.4. The van der Waals surface area contributed by atoms with E-state index in [1.807, 2.05) is 12.1 Å². The van der Waals surface area contributed by atoms with Crippen LogP contribution in [0.15, 0.2) is 76.5 Å². The molecule has 2 aromatic carbocycles. The van der Waals surface area contributed by atoms with E-state index in [1.54, 1.807) is 48.3 Å². The van der Waals surface area contributed by atoms with Crippen molar-refractivity contribution in [1.29, 1.82) is 0 Å². The standard InChI is InChI=1S/C23H18FN5O3/c1-28-10-9-25-22(28)19(14-5-4-6-15(24)11-14)27-18(30)12-29-13-26-20-16-7-2-3-8-17(16)32-21(20)23(29)31/h2-11,13,19H,12H2,1H3,(H,27,30)/t19-/m0/s1. The van der Waals surface area contributed by atoms with Crippen LogP contribution in [0.1, 0.15) is 17.4 Å². The van der Waals surface area contributed by atoms with Gasteiger partial charge >= 0.3 is 0 Å². The van der Waals surface area contributed by atoms with E-state index in [0.717, 1.165) is 5.39 Å². The van der Waals surface area contributed by atoms with Crippen LogP contribution in [0.3, 0.4) is 0 Å². The summed E-state index contributed by atoms with van der Waals surface area (Å²) < 4.78 is 22.4. The summed E-state index contributed by atoms with van der Waals surface area (Å²) >= 11 is 0. The fraction of sp³-hybridized carbons (Fsp3) is 0.130. The molecule has 0 bridgehead atoms. The average Bonchev–Trinajstić information content (AvgIpc) is 3.38. The molecule has 0 saturated heterocycles. The Morgan fingerprint density at radius 3 is 2.81 bits per heavy atom. The van der Waals surface area contributed by atoms with Crippen LogP contribution in [0, 0.1) is 5.82 Å². The normalized spacial score (nSPS) is 12.3. The number of carbonyl (C=O) groups is 1. The summed E-state index contributed by atoms with van der Waals surface area (Å²) in [6, 6.07) is 12.5. The van der Waals surface area contributed by atoms with Gasteiger partial charge in [0.05, 0.1) is 6.33 Å². The van der Waals surface area contributed by atoms with E-state index >= 15 is 0 Å². The summed E-state index contributed by atoms with van der Waals surface area (Å²) in [5, 5.41) is 3.58. The highest BCUT2D eigenvalue weighted by molar-refractivity contribution is 6.01. The smallest absolute Gasteiger partial charge is 0.297 e. The third-order valence-electron chi connectivity index (χ3n) is 5.27. The molecule has 3 aromatic heterocycles. The first-order valence-electron chi connectivity index (χ1n) is 9.90. The third-order valence-corrected chi connectivity index (χ3v) is 5.27. The number of nitrogens with one attached hydrogen (secondary N) is 1. The van der Waals surface area contributed by atoms with Crippen LogP contribution in [-0.2, 0) is 18.4 Å². The fourth-order valence-electron chi connectivity index (χ4n) is 3.73. The number of amides is 1. The molecule has 9 heteroatoms. The second-order valence-corrected chi connectivity index (χ2v) is 7.41. The molecular formula is C23H18FN5O3. The Hall–Kier alpha value is -4.27. The van der Waals surface area contributed by atoms with Gasteiger partial charge in [0.1, 0.15) is 35.3 Å². The Morgan fingerprint density at radius 1 is 1.19 bits per heavy atom. The molecule has 0 fully saturated rings. The van der Waals surface area contributed by atoms with E-state index in [-0.39, 0.29) is 12.1 Å². The van der Waals surface area contributed by atoms with Crippen molar-refractivity contribution in [3.63, 3.8) is 0 Å². The van der Waals surface area contributed by atoms with Crippen LogP contribution in [0.25, 0.3) is 22.1 Å². The summed E-state index contributed by atoms with van der Waals surface area (Å²) in [7, 11) is 1.78. The number of hydrogen-bond acceptors (Lipinski definition) is 5. The zero-order valence-electron chi connectivity index (χ0n) is 17.0. The van der Waals surface area contributed by atoms with Gasteiger partial charge in [-0.25, -0.2) is 14.4 Å². The summed E-state index contributed by atoms with van der Waals surface area (Å²) in [5.41, 5.74) is 1.17. The number of aryl methyl sites for hydroxylation is 1. The maximum Gasteiger partial charge on any atom is 0.297 e. The molecule has 1 atom stereocenters. The number of hydrogen-bond donors (Lipinski definition) is 1. The molecule has 5 aromatic rings. The predicted octanol–water partition coefficient (Wildman–Crippen LogP) is 2.92. The SMILES string of the molecule is Cn1ccnc1[C@@H](NC(=O)Cn1cnc2c(oc3ccccc32)c1=O)c1cccc(F)c1. The number of carbonyl (C=O) groups excluding carboxylic acids is 1. The molecule has 8 nitrogen and oxygen atoms in total. The van der Waals surface area contributed by atoms with Crippen LogP contribution < -0.4 is 10.9 Å². The van der Waals surface area contributed by atoms with E-state index in [2.05, 4.69) is 15.3 Å². The van der Waals surface area contributed by atoms with Gasteiger partial charge in [-0.15, -0.1) is 0 Å². The second-order valence-electron chi connectivity index (χ2n) is 7.41. The maximum atomic E-state index is 13.8. The topological polar surface area (TPSA) is 95.0 Å². The highest BCUT2D eigenvalue weighted by atomic mass is 19.1. The third kappa shape index (κ3) is 3.43. The Labute approximate surface area is 180 Å². The molecule has 1 amide bonds. The zero-order chi connectivity index (χ0) is 22.2. The minimum absolute atomic E-state index is 0.0901. The number of rotatable bonds is 5. The van der Waals surface area contributed by atoms with Crippen molar-refractivity contribution in [3.8, 4) is 0 Å². The molecule has 3 heterocycles. The van der Waals surface area contributed by atoms with Gasteiger partial charge in [0.25, 0.3) is 5.56 Å². The van der Waals surface area contributed by atoms with Crippen LogP contribution >= 0.6 is 0 Å². The molecule has 0 saturated carbocycles. The lowest BCUT2D eigenvalue weighted by Gasteiger charge is -2.19. The van der Waals surface area contributed by atoms with Crippen LogP contribution in [0.4, 0.5) is 4.39 Å². The van der Waals surface area contributed by atoms with Crippen molar-refractivity contribution in [1.82, 2.24) is 24.4 Å². The predicted molar refractivity (Wildman–Crippen MR) is 115 cm³/mol. The molecule has 0 aliphatic carbocycles. The van der Waals surface area contributed by atoms with Gasteiger partial charge in [-0.1, -0.05) is 24.3 Å². The average molecular weight is 431 g/mol. The molecule has 0 aliphatic heterocycles. The number of aromatic nitrogens is 4. The van der Waals surface area contributed by atoms with Gasteiger partial charge in [0, 0.05) is 24.8 Å². The Morgan fingerprint density at radius 2 is 2.03 bits per heavy atom. The highest BCUT2D eigenvalue weighted by Crippen LogP contribution is 2.24. The number of imidazole rings is 1. The number of halogens is 1. The molecule has 0 aliphatic rings. The van der Waals surface area contributed by atoms with Crippen molar-refractivity contribution >= 4 is 28.0 Å². The lowest BCUT2D eigenvalue weighted by Crippen LogP contribution is -2.36. The van der Waals surface area contributed by atoms with E-state index in [0.29, 0.717) is 22.5 Å². The quantitative estimate of drug-likeness (QED) is 0.462. The molecule has 0 radical (unpaired) electrons. The van der Waals surface area contributed by atoms with E-state index in [1.165, 1.54) is 23.0 Å². The van der Waals surface area contributed by atoms with Crippen LogP contribution in [0.2, 0.25) is 0 Å². The second kappa shape index (κ2) is 7.77. The maximum absolute atomic E-state index is 13.8. The highest BCUT2D eigenvalue weighted by Gasteiger charge is 2.22. The Balaban J connectivity index is 1.46. The zero-order valence-corrected chi connectivity index (χ0v) is 17.0. The molecule has 0 unspecified atom stereocenters. The monoisotopic (exact) mass is 431 g/mol. The van der Waals surface area contributed by atoms with E-state index < -0.39 is 23.3 Å². The summed E-state index contributed by atoms with van der Waals surface area (Å²) in [5.74, 6) is -0.351. The van der Waals surface area contributed by atoms with Crippen molar-refractivity contribution in [2.24, 2.45) is 7.05 Å². The molecule has 0 spiro atoms. The number of para-hydroxylation sites is 1. The fourth-order valence-corrected chi connectivity index (χ4v) is 3.73. The number of nitrogens with zero attached hydrogens (tertiary/aromatic N) is 4. The largest absolute Gasteiger partial charge is 0.448 e. The van der Waals surface area contributed by atoms with Crippen molar-refractivity contribution in [2.45, 2.75) is 12.6 Å². The number of fused-ring (bicyclic) bond motifs is 3. The van der Waals surface area contributed by atoms with Crippen molar-refractivity contribution in [3.05, 3.63) is 94.8 Å². The summed E-state index contributed by atoms with van der Waals surface area (Å²) in [6.07, 6.45) is 4.65. The Kier molecular flexibility index (Phi) is 4.78. The van der Waals surface area contributed by atoms with Gasteiger partial charge in [-0.05, 0) is 29.8 Å². The molecule has 1 N–H and O–H groups in total. The minimum Gasteiger partial charge on any atom is -0.448 e. The summed E-state index contributed by atoms with van der Waals surface area (Å²) in [6.45, 7) is -0.283. The van der Waals surface area contributed by atoms with Crippen molar-refractivity contribution < 1.29 is 13.6 Å². The van der Waals surface area contributed by atoms with Gasteiger partial charge in [0.2, 0.25) is 11.5 Å². The molecule has 5 rings (SSSR count). The van der Waals surface area contributed by atoms with Crippen LogP contribution in [0.5, 0.6) is 0 Å². The number of furan rings is 1. The van der Waals surface area contributed by atoms with Gasteiger partial charge in [0.15, 0.2) is 0 Å². The number of benzene rings is 2. The van der Waals surface area contributed by atoms with Gasteiger partial charge in [-0.3, -0.25) is 14.2 Å². The first kappa shape index (κ1) is 19.7. The van der Waals surface area contributed by atoms with E-state index in [4.69, 9.17) is 4.42 Å². The minimum atomic E-state index is -0.697. The molecule has 32 heavy (non-hydrogen) atoms. The lowest BCUT2D eigenvalue weighted by molar-refractivity contribution is -0.122. The van der Waals surface area contributed by atoms with Crippen LogP contribution in [-0.4, -0.2) is 25.0 Å². The molecule has 160 valence electrons.